The maximum absolute atomic E-state index is 14.2. The van der Waals surface area contributed by atoms with Gasteiger partial charge in [-0.05, 0) is 30.3 Å². The lowest BCUT2D eigenvalue weighted by Crippen LogP contribution is -2.49. The number of hydrogen-bond acceptors (Lipinski definition) is 3. The third kappa shape index (κ3) is 2.88. The predicted molar refractivity (Wildman–Crippen MR) is 97.5 cm³/mol. The van der Waals surface area contributed by atoms with Crippen LogP contribution < -0.4 is 4.90 Å². The van der Waals surface area contributed by atoms with E-state index < -0.39 is 5.82 Å². The lowest BCUT2D eigenvalue weighted by atomic mass is 10.1. The minimum absolute atomic E-state index is 0.0406. The highest BCUT2D eigenvalue weighted by atomic mass is 19.1. The molecule has 1 aromatic heterocycles. The van der Waals surface area contributed by atoms with E-state index in [1.54, 1.807) is 17.0 Å². The zero-order valence-corrected chi connectivity index (χ0v) is 14.1. The van der Waals surface area contributed by atoms with E-state index >= 15 is 0 Å². The van der Waals surface area contributed by atoms with Crippen molar-refractivity contribution in [1.82, 2.24) is 9.88 Å². The number of nitrogens with zero attached hydrogens (tertiary/aromatic N) is 3. The Morgan fingerprint density at radius 2 is 1.85 bits per heavy atom. The number of aromatic amines is 1. The van der Waals surface area contributed by atoms with Crippen molar-refractivity contribution in [2.45, 2.75) is 0 Å². The Morgan fingerprint density at radius 3 is 2.54 bits per heavy atom. The number of rotatable bonds is 2. The first-order chi connectivity index (χ1) is 12.7. The van der Waals surface area contributed by atoms with Gasteiger partial charge in [0, 0.05) is 37.1 Å². The van der Waals surface area contributed by atoms with Gasteiger partial charge in [0.25, 0.3) is 5.91 Å². The minimum atomic E-state index is -0.403. The van der Waals surface area contributed by atoms with Crippen LogP contribution in [0.4, 0.5) is 10.1 Å². The number of anilines is 1. The quantitative estimate of drug-likeness (QED) is 0.774. The van der Waals surface area contributed by atoms with E-state index in [4.69, 9.17) is 5.26 Å². The lowest BCUT2D eigenvalue weighted by molar-refractivity contribution is 0.0741. The molecule has 1 N–H and O–H groups in total. The molecule has 0 radical (unpaired) electrons. The molecule has 1 aliphatic rings. The Kier molecular flexibility index (Phi) is 4.05. The van der Waals surface area contributed by atoms with E-state index in [0.29, 0.717) is 43.1 Å². The van der Waals surface area contributed by atoms with E-state index in [0.717, 1.165) is 10.9 Å². The highest BCUT2D eigenvalue weighted by Gasteiger charge is 2.24. The van der Waals surface area contributed by atoms with Gasteiger partial charge in [-0.25, -0.2) is 4.39 Å². The van der Waals surface area contributed by atoms with Gasteiger partial charge in [-0.2, -0.15) is 5.26 Å². The first-order valence-electron chi connectivity index (χ1n) is 8.47. The molecule has 2 heterocycles. The molecule has 6 heteroatoms. The van der Waals surface area contributed by atoms with E-state index in [-0.39, 0.29) is 5.91 Å². The Hall–Kier alpha value is -3.33. The van der Waals surface area contributed by atoms with Gasteiger partial charge in [-0.3, -0.25) is 4.79 Å². The number of aromatic nitrogens is 1. The summed E-state index contributed by atoms with van der Waals surface area (Å²) in [7, 11) is 0. The molecule has 1 amide bonds. The Bertz CT molecular complexity index is 979. The number of benzene rings is 2. The highest BCUT2D eigenvalue weighted by Crippen LogP contribution is 2.23. The van der Waals surface area contributed by atoms with Gasteiger partial charge >= 0.3 is 0 Å². The second-order valence-electron chi connectivity index (χ2n) is 6.33. The van der Waals surface area contributed by atoms with Gasteiger partial charge in [-0.15, -0.1) is 0 Å². The van der Waals surface area contributed by atoms with Crippen LogP contribution in [0.5, 0.6) is 0 Å². The van der Waals surface area contributed by atoms with Crippen LogP contribution in [0.3, 0.4) is 0 Å². The van der Waals surface area contributed by atoms with E-state index in [2.05, 4.69) is 4.98 Å². The molecule has 0 unspecified atom stereocenters. The molecule has 3 aromatic rings. The predicted octanol–water partition coefficient (Wildman–Crippen LogP) is 3.14. The summed E-state index contributed by atoms with van der Waals surface area (Å²) in [5, 5.41) is 9.85. The summed E-state index contributed by atoms with van der Waals surface area (Å²) in [4.78, 5) is 19.6. The molecule has 26 heavy (non-hydrogen) atoms. The van der Waals surface area contributed by atoms with Gasteiger partial charge in [0.1, 0.15) is 11.5 Å². The maximum Gasteiger partial charge on any atom is 0.270 e. The Balaban J connectivity index is 1.46. The van der Waals surface area contributed by atoms with E-state index in [1.807, 2.05) is 41.3 Å². The number of nitrogens with one attached hydrogen (secondary N) is 1. The third-order valence-corrected chi connectivity index (χ3v) is 4.74. The summed E-state index contributed by atoms with van der Waals surface area (Å²) >= 11 is 0. The molecule has 0 atom stereocenters. The summed E-state index contributed by atoms with van der Waals surface area (Å²) in [6.07, 6.45) is 0. The van der Waals surface area contributed by atoms with Crippen LogP contribution in [0.15, 0.2) is 48.5 Å². The second kappa shape index (κ2) is 6.52. The summed E-state index contributed by atoms with van der Waals surface area (Å²) < 4.78 is 14.2. The number of nitriles is 1. The summed E-state index contributed by atoms with van der Waals surface area (Å²) in [6, 6.07) is 16.1. The van der Waals surface area contributed by atoms with Crippen LogP contribution in [0.1, 0.15) is 16.1 Å². The number of amides is 1. The molecular weight excluding hydrogens is 331 g/mol. The van der Waals surface area contributed by atoms with Crippen LogP contribution in [0.25, 0.3) is 10.9 Å². The number of carbonyl (C=O) groups excluding carboxylic acids is 1. The van der Waals surface area contributed by atoms with Crippen LogP contribution in [0, 0.1) is 17.1 Å². The molecule has 130 valence electrons. The van der Waals surface area contributed by atoms with Crippen molar-refractivity contribution in [2.24, 2.45) is 0 Å². The smallest absolute Gasteiger partial charge is 0.270 e. The first-order valence-corrected chi connectivity index (χ1v) is 8.47. The number of para-hydroxylation sites is 1. The van der Waals surface area contributed by atoms with Gasteiger partial charge < -0.3 is 14.8 Å². The molecule has 1 aliphatic heterocycles. The average molecular weight is 348 g/mol. The molecule has 4 rings (SSSR count). The monoisotopic (exact) mass is 348 g/mol. The topological polar surface area (TPSA) is 63.1 Å². The van der Waals surface area contributed by atoms with Crippen molar-refractivity contribution in [2.75, 3.05) is 31.1 Å². The maximum atomic E-state index is 14.2. The average Bonchev–Trinajstić information content (AvgIpc) is 3.11. The van der Waals surface area contributed by atoms with Gasteiger partial charge in [0.2, 0.25) is 0 Å². The van der Waals surface area contributed by atoms with Gasteiger partial charge in [-0.1, -0.05) is 18.2 Å². The van der Waals surface area contributed by atoms with Crippen LogP contribution in [-0.2, 0) is 0 Å². The number of halogens is 1. The van der Waals surface area contributed by atoms with Crippen molar-refractivity contribution in [1.29, 1.82) is 5.26 Å². The molecule has 1 fully saturated rings. The molecule has 0 saturated carbocycles. The SMILES string of the molecule is N#Cc1ccc(N2CCN(C(=O)c3cc4ccccc4[nH]3)CC2)c(F)c1. The number of piperazine rings is 1. The van der Waals surface area contributed by atoms with Gasteiger partial charge in [0.05, 0.1) is 17.3 Å². The zero-order chi connectivity index (χ0) is 18.1. The Labute approximate surface area is 150 Å². The molecule has 0 aliphatic carbocycles. The fourth-order valence-electron chi connectivity index (χ4n) is 3.34. The Morgan fingerprint density at radius 1 is 1.08 bits per heavy atom. The highest BCUT2D eigenvalue weighted by molar-refractivity contribution is 5.98. The van der Waals surface area contributed by atoms with Crippen LogP contribution in [-0.4, -0.2) is 42.0 Å². The molecule has 2 aromatic carbocycles. The molecular formula is C20H17FN4O. The van der Waals surface area contributed by atoms with Crippen molar-refractivity contribution < 1.29 is 9.18 Å². The first kappa shape index (κ1) is 16.2. The van der Waals surface area contributed by atoms with Crippen LogP contribution >= 0.6 is 0 Å². The normalized spacial score (nSPS) is 14.5. The fraction of sp³-hybridized carbons (Fsp3) is 0.200. The van der Waals surface area contributed by atoms with Crippen molar-refractivity contribution in [3.05, 3.63) is 65.6 Å². The fourth-order valence-corrected chi connectivity index (χ4v) is 3.34. The number of fused-ring (bicyclic) bond motifs is 1. The van der Waals surface area contributed by atoms with Gasteiger partial charge in [0.15, 0.2) is 0 Å². The number of carbonyl (C=O) groups is 1. The second-order valence-corrected chi connectivity index (χ2v) is 6.33. The van der Waals surface area contributed by atoms with E-state index in [9.17, 15) is 9.18 Å². The molecule has 5 nitrogen and oxygen atoms in total. The summed E-state index contributed by atoms with van der Waals surface area (Å²) in [5.74, 6) is -0.444. The molecule has 0 spiro atoms. The van der Waals surface area contributed by atoms with Crippen molar-refractivity contribution >= 4 is 22.5 Å². The largest absolute Gasteiger partial charge is 0.366 e. The standard InChI is InChI=1S/C20H17FN4O/c21-16-11-14(13-22)5-6-19(16)24-7-9-25(10-8-24)20(26)18-12-15-3-1-2-4-17(15)23-18/h1-6,11-12,23H,7-10H2. The lowest BCUT2D eigenvalue weighted by Gasteiger charge is -2.36. The third-order valence-electron chi connectivity index (χ3n) is 4.74. The zero-order valence-electron chi connectivity index (χ0n) is 14.1. The van der Waals surface area contributed by atoms with Crippen LogP contribution in [0.2, 0.25) is 0 Å². The molecule has 1 saturated heterocycles. The number of H-pyrrole nitrogens is 1. The minimum Gasteiger partial charge on any atom is -0.366 e. The van der Waals surface area contributed by atoms with Crippen molar-refractivity contribution in [3.63, 3.8) is 0 Å². The summed E-state index contributed by atoms with van der Waals surface area (Å²) in [6.45, 7) is 2.14. The van der Waals surface area contributed by atoms with E-state index in [1.165, 1.54) is 6.07 Å². The molecule has 0 bridgehead atoms. The van der Waals surface area contributed by atoms with Crippen molar-refractivity contribution in [3.8, 4) is 6.07 Å². The number of hydrogen-bond donors (Lipinski definition) is 1. The summed E-state index contributed by atoms with van der Waals surface area (Å²) in [5.41, 5.74) is 2.29.